The summed E-state index contributed by atoms with van der Waals surface area (Å²) in [6.07, 6.45) is 0.795. The predicted octanol–water partition coefficient (Wildman–Crippen LogP) is 1.94. The lowest BCUT2D eigenvalue weighted by atomic mass is 10.1. The Morgan fingerprint density at radius 3 is 2.56 bits per heavy atom. The maximum absolute atomic E-state index is 13.2. The Labute approximate surface area is 187 Å². The van der Waals surface area contributed by atoms with Crippen LogP contribution in [0.5, 0.6) is 0 Å². The molecule has 1 fully saturated rings. The fourth-order valence-corrected chi connectivity index (χ4v) is 4.35. The van der Waals surface area contributed by atoms with Crippen molar-refractivity contribution in [1.29, 1.82) is 0 Å². The number of ether oxygens (including phenoxy) is 2. The summed E-state index contributed by atoms with van der Waals surface area (Å²) >= 11 is 0. The molecule has 0 spiro atoms. The Balaban J connectivity index is 1.34. The fraction of sp³-hybridized carbons (Fsp3) is 0.375. The van der Waals surface area contributed by atoms with Gasteiger partial charge in [0, 0.05) is 42.1 Å². The van der Waals surface area contributed by atoms with Crippen LogP contribution in [0.1, 0.15) is 16.7 Å². The Morgan fingerprint density at radius 2 is 1.78 bits per heavy atom. The van der Waals surface area contributed by atoms with Gasteiger partial charge >= 0.3 is 0 Å². The van der Waals surface area contributed by atoms with Crippen LogP contribution >= 0.6 is 0 Å². The number of fused-ring (bicyclic) bond motifs is 1. The molecule has 0 radical (unpaired) electrons. The summed E-state index contributed by atoms with van der Waals surface area (Å²) in [6.45, 7) is 5.49. The fourth-order valence-electron chi connectivity index (χ4n) is 4.35. The van der Waals surface area contributed by atoms with E-state index in [4.69, 9.17) is 9.47 Å². The number of benzene rings is 2. The molecular formula is C24H26N4O4. The molecule has 2 aromatic carbocycles. The van der Waals surface area contributed by atoms with Crippen LogP contribution in [0.3, 0.4) is 0 Å². The number of rotatable bonds is 4. The molecule has 0 atom stereocenters. The molecule has 0 unspecified atom stereocenters. The third-order valence-corrected chi connectivity index (χ3v) is 6.07. The Bertz CT molecular complexity index is 1060. The van der Waals surface area contributed by atoms with E-state index in [0.29, 0.717) is 25.7 Å². The summed E-state index contributed by atoms with van der Waals surface area (Å²) < 4.78 is 11.0. The van der Waals surface area contributed by atoms with E-state index < -0.39 is 0 Å². The number of aryl methyl sites for hydroxylation is 1. The summed E-state index contributed by atoms with van der Waals surface area (Å²) in [5.74, 6) is -0.116. The first kappa shape index (κ1) is 20.5. The molecule has 1 saturated heterocycles. The topological polar surface area (TPSA) is 74.7 Å². The quantitative estimate of drug-likeness (QED) is 0.735. The van der Waals surface area contributed by atoms with Gasteiger partial charge in [-0.2, -0.15) is 0 Å². The SMILES string of the molecule is Cc1ccc(C2=NN(CC(=O)N3CCc4c(N5CCOCC5)cccc43)C(=O)CO2)cc1. The second-order valence-electron chi connectivity index (χ2n) is 8.18. The lowest BCUT2D eigenvalue weighted by Gasteiger charge is -2.30. The molecule has 2 amide bonds. The van der Waals surface area contributed by atoms with Crippen molar-refractivity contribution in [3.63, 3.8) is 0 Å². The number of hydrogen-bond donors (Lipinski definition) is 0. The molecule has 2 aromatic rings. The van der Waals surface area contributed by atoms with E-state index in [-0.39, 0.29) is 25.0 Å². The van der Waals surface area contributed by atoms with E-state index in [2.05, 4.69) is 16.1 Å². The average Bonchev–Trinajstić information content (AvgIpc) is 3.26. The summed E-state index contributed by atoms with van der Waals surface area (Å²) in [5.41, 5.74) is 5.17. The highest BCUT2D eigenvalue weighted by molar-refractivity contribution is 6.02. The third kappa shape index (κ3) is 3.93. The molecule has 5 rings (SSSR count). The van der Waals surface area contributed by atoms with Crippen LogP contribution in [-0.2, 0) is 25.5 Å². The van der Waals surface area contributed by atoms with Crippen molar-refractivity contribution in [3.05, 3.63) is 59.2 Å². The lowest BCUT2D eigenvalue weighted by molar-refractivity contribution is -0.139. The molecule has 3 aliphatic rings. The minimum atomic E-state index is -0.323. The molecule has 0 N–H and O–H groups in total. The molecule has 8 nitrogen and oxygen atoms in total. The van der Waals surface area contributed by atoms with Crippen LogP contribution in [0.2, 0.25) is 0 Å². The highest BCUT2D eigenvalue weighted by Crippen LogP contribution is 2.36. The van der Waals surface area contributed by atoms with Crippen molar-refractivity contribution in [3.8, 4) is 0 Å². The van der Waals surface area contributed by atoms with Crippen LogP contribution in [-0.4, -0.2) is 68.7 Å². The third-order valence-electron chi connectivity index (χ3n) is 6.07. The Kier molecular flexibility index (Phi) is 5.53. The number of anilines is 2. The van der Waals surface area contributed by atoms with Crippen LogP contribution < -0.4 is 9.80 Å². The van der Waals surface area contributed by atoms with E-state index in [0.717, 1.165) is 36.3 Å². The number of amides is 2. The highest BCUT2D eigenvalue weighted by atomic mass is 16.5. The van der Waals surface area contributed by atoms with Crippen molar-refractivity contribution >= 4 is 29.1 Å². The molecule has 3 heterocycles. The van der Waals surface area contributed by atoms with Gasteiger partial charge in [-0.25, -0.2) is 5.01 Å². The molecule has 8 heteroatoms. The number of hydrazone groups is 1. The zero-order valence-corrected chi connectivity index (χ0v) is 18.1. The van der Waals surface area contributed by atoms with Gasteiger partial charge in [0.1, 0.15) is 6.54 Å². The van der Waals surface area contributed by atoms with E-state index in [1.165, 1.54) is 16.3 Å². The summed E-state index contributed by atoms with van der Waals surface area (Å²) in [4.78, 5) is 29.7. The van der Waals surface area contributed by atoms with Crippen molar-refractivity contribution in [1.82, 2.24) is 5.01 Å². The van der Waals surface area contributed by atoms with Crippen molar-refractivity contribution in [2.45, 2.75) is 13.3 Å². The second-order valence-corrected chi connectivity index (χ2v) is 8.18. The number of hydrogen-bond acceptors (Lipinski definition) is 6. The number of nitrogens with zero attached hydrogens (tertiary/aromatic N) is 4. The molecule has 0 saturated carbocycles. The largest absolute Gasteiger partial charge is 0.466 e. The smallest absolute Gasteiger partial charge is 0.281 e. The lowest BCUT2D eigenvalue weighted by Crippen LogP contribution is -2.44. The summed E-state index contributed by atoms with van der Waals surface area (Å²) in [5, 5.41) is 5.56. The molecule has 0 bridgehead atoms. The minimum absolute atomic E-state index is 0.112. The zero-order chi connectivity index (χ0) is 22.1. The zero-order valence-electron chi connectivity index (χ0n) is 18.1. The minimum Gasteiger partial charge on any atom is -0.466 e. The maximum atomic E-state index is 13.2. The first-order valence-electron chi connectivity index (χ1n) is 10.9. The first-order chi connectivity index (χ1) is 15.6. The highest BCUT2D eigenvalue weighted by Gasteiger charge is 2.31. The molecule has 3 aliphatic heterocycles. The predicted molar refractivity (Wildman–Crippen MR) is 121 cm³/mol. The van der Waals surface area contributed by atoms with Gasteiger partial charge in [0.25, 0.3) is 5.91 Å². The van der Waals surface area contributed by atoms with Gasteiger partial charge < -0.3 is 19.3 Å². The second kappa shape index (κ2) is 8.63. The monoisotopic (exact) mass is 434 g/mol. The number of carbonyl (C=O) groups excluding carboxylic acids is 2. The number of morpholine rings is 1. The van der Waals surface area contributed by atoms with Gasteiger partial charge in [-0.1, -0.05) is 23.8 Å². The molecular weight excluding hydrogens is 408 g/mol. The van der Waals surface area contributed by atoms with Crippen LogP contribution in [0.15, 0.2) is 47.6 Å². The molecule has 0 aromatic heterocycles. The van der Waals surface area contributed by atoms with Gasteiger partial charge in [0.15, 0.2) is 6.61 Å². The van der Waals surface area contributed by atoms with Crippen molar-refractivity contribution < 1.29 is 19.1 Å². The number of carbonyl (C=O) groups is 2. The molecule has 32 heavy (non-hydrogen) atoms. The van der Waals surface area contributed by atoms with E-state index >= 15 is 0 Å². The van der Waals surface area contributed by atoms with Gasteiger partial charge in [-0.15, -0.1) is 5.10 Å². The standard InChI is InChI=1S/C24H26N4O4/c1-17-5-7-18(8-6-17)24-25-28(23(30)16-32-24)15-22(29)27-10-9-19-20(3-2-4-21(19)27)26-11-13-31-14-12-26/h2-8H,9-16H2,1H3. The van der Waals surface area contributed by atoms with Crippen LogP contribution in [0.4, 0.5) is 11.4 Å². The van der Waals surface area contributed by atoms with Gasteiger partial charge in [-0.05, 0) is 37.6 Å². The Morgan fingerprint density at radius 1 is 1.03 bits per heavy atom. The normalized spacial score (nSPS) is 18.3. The maximum Gasteiger partial charge on any atom is 0.281 e. The van der Waals surface area contributed by atoms with Gasteiger partial charge in [0.2, 0.25) is 11.8 Å². The van der Waals surface area contributed by atoms with E-state index in [1.807, 2.05) is 43.3 Å². The van der Waals surface area contributed by atoms with Crippen molar-refractivity contribution in [2.24, 2.45) is 5.10 Å². The van der Waals surface area contributed by atoms with E-state index in [9.17, 15) is 9.59 Å². The van der Waals surface area contributed by atoms with Crippen LogP contribution in [0, 0.1) is 6.92 Å². The summed E-state index contributed by atoms with van der Waals surface area (Å²) in [7, 11) is 0. The van der Waals surface area contributed by atoms with Gasteiger partial charge in [-0.3, -0.25) is 9.59 Å². The molecule has 166 valence electrons. The average molecular weight is 434 g/mol. The van der Waals surface area contributed by atoms with Crippen LogP contribution in [0.25, 0.3) is 0 Å². The first-order valence-corrected chi connectivity index (χ1v) is 10.9. The molecule has 0 aliphatic carbocycles. The summed E-state index contributed by atoms with van der Waals surface area (Å²) in [6, 6.07) is 13.8. The van der Waals surface area contributed by atoms with Gasteiger partial charge in [0.05, 0.1) is 13.2 Å². The van der Waals surface area contributed by atoms with Crippen molar-refractivity contribution in [2.75, 3.05) is 55.8 Å². The Hall–Kier alpha value is -3.39. The van der Waals surface area contributed by atoms with E-state index in [1.54, 1.807) is 4.90 Å².